The second-order valence-corrected chi connectivity index (χ2v) is 8.53. The first kappa shape index (κ1) is 23.7. The molecule has 1 aliphatic carbocycles. The highest BCUT2D eigenvalue weighted by Gasteiger charge is 2.38. The van der Waals surface area contributed by atoms with Gasteiger partial charge in [-0.25, -0.2) is 8.78 Å². The zero-order chi connectivity index (χ0) is 21.1. The van der Waals surface area contributed by atoms with Crippen molar-refractivity contribution in [3.63, 3.8) is 0 Å². The molecule has 0 radical (unpaired) electrons. The molecule has 1 unspecified atom stereocenters. The molecule has 5 heteroatoms. The van der Waals surface area contributed by atoms with Gasteiger partial charge in [0.15, 0.2) is 11.6 Å². The molecule has 1 atom stereocenters. The van der Waals surface area contributed by atoms with Crippen molar-refractivity contribution in [2.75, 3.05) is 0 Å². The van der Waals surface area contributed by atoms with Gasteiger partial charge in [-0.2, -0.15) is 0 Å². The van der Waals surface area contributed by atoms with Gasteiger partial charge in [-0.3, -0.25) is 0 Å². The standard InChI is InChI=1S/C24H35F2NO2/c1-2-3-4-5-6-7-8-9-10-19-11-12-20(23(26)22(19)25)16-27-21-13-14-24(15-21,17-28)18-29/h11-12,17-18,21,27H,2-10,13-16H2,1H3. The van der Waals surface area contributed by atoms with Crippen molar-refractivity contribution in [1.29, 1.82) is 0 Å². The van der Waals surface area contributed by atoms with Crippen LogP contribution >= 0.6 is 0 Å². The lowest BCUT2D eigenvalue weighted by Gasteiger charge is -2.16. The molecular weight excluding hydrogens is 372 g/mol. The molecular formula is C24H35F2NO2. The van der Waals surface area contributed by atoms with Gasteiger partial charge < -0.3 is 14.9 Å². The van der Waals surface area contributed by atoms with Gasteiger partial charge in [-0.05, 0) is 37.7 Å². The second kappa shape index (κ2) is 12.2. The summed E-state index contributed by atoms with van der Waals surface area (Å²) in [5, 5.41) is 3.17. The Bertz CT molecular complexity index is 655. The number of hydrogen-bond donors (Lipinski definition) is 1. The molecule has 1 N–H and O–H groups in total. The number of aryl methyl sites for hydroxylation is 1. The number of carbonyl (C=O) groups excluding carboxylic acids is 2. The number of unbranched alkanes of at least 4 members (excludes halogenated alkanes) is 7. The Kier molecular flexibility index (Phi) is 9.92. The molecule has 0 heterocycles. The Morgan fingerprint density at radius 2 is 1.55 bits per heavy atom. The molecule has 1 saturated carbocycles. The van der Waals surface area contributed by atoms with Crippen molar-refractivity contribution in [1.82, 2.24) is 5.32 Å². The zero-order valence-electron chi connectivity index (χ0n) is 17.7. The van der Waals surface area contributed by atoms with Crippen molar-refractivity contribution in [2.45, 2.75) is 96.6 Å². The van der Waals surface area contributed by atoms with E-state index in [4.69, 9.17) is 0 Å². The normalized spacial score (nSPS) is 18.1. The highest BCUT2D eigenvalue weighted by Crippen LogP contribution is 2.34. The minimum atomic E-state index is -0.915. The van der Waals surface area contributed by atoms with Crippen LogP contribution in [0.5, 0.6) is 0 Å². The van der Waals surface area contributed by atoms with Gasteiger partial charge in [0, 0.05) is 18.2 Å². The Balaban J connectivity index is 1.76. The summed E-state index contributed by atoms with van der Waals surface area (Å²) < 4.78 is 28.9. The number of hydrogen-bond acceptors (Lipinski definition) is 3. The summed E-state index contributed by atoms with van der Waals surface area (Å²) in [4.78, 5) is 22.3. The molecule has 1 aliphatic rings. The lowest BCUT2D eigenvalue weighted by atomic mass is 9.90. The number of nitrogens with one attached hydrogen (secondary N) is 1. The van der Waals surface area contributed by atoms with Gasteiger partial charge >= 0.3 is 0 Å². The lowest BCUT2D eigenvalue weighted by Crippen LogP contribution is -2.29. The van der Waals surface area contributed by atoms with Crippen LogP contribution in [-0.2, 0) is 22.6 Å². The van der Waals surface area contributed by atoms with E-state index in [1.165, 1.54) is 32.1 Å². The molecule has 3 nitrogen and oxygen atoms in total. The highest BCUT2D eigenvalue weighted by atomic mass is 19.2. The smallest absolute Gasteiger partial charge is 0.163 e. The SMILES string of the molecule is CCCCCCCCCCc1ccc(CNC2CCC(C=O)(C=O)C2)c(F)c1F. The number of aldehydes is 2. The van der Waals surface area contributed by atoms with E-state index in [2.05, 4.69) is 12.2 Å². The van der Waals surface area contributed by atoms with Gasteiger partial charge in [0.25, 0.3) is 0 Å². The maximum absolute atomic E-state index is 14.4. The molecule has 0 amide bonds. The van der Waals surface area contributed by atoms with E-state index in [0.717, 1.165) is 19.3 Å². The summed E-state index contributed by atoms with van der Waals surface area (Å²) in [5.74, 6) is -1.53. The Morgan fingerprint density at radius 1 is 0.966 bits per heavy atom. The summed E-state index contributed by atoms with van der Waals surface area (Å²) in [6, 6.07) is 3.30. The largest absolute Gasteiger partial charge is 0.310 e. The lowest BCUT2D eigenvalue weighted by molar-refractivity contribution is -0.125. The minimum absolute atomic E-state index is 0.0372. The van der Waals surface area contributed by atoms with Crippen molar-refractivity contribution in [2.24, 2.45) is 5.41 Å². The fourth-order valence-corrected chi connectivity index (χ4v) is 4.18. The van der Waals surface area contributed by atoms with Gasteiger partial charge in [-0.15, -0.1) is 0 Å². The molecule has 0 bridgehead atoms. The quantitative estimate of drug-likeness (QED) is 0.245. The molecule has 0 aromatic heterocycles. The van der Waals surface area contributed by atoms with Crippen LogP contribution in [0.1, 0.15) is 88.7 Å². The average molecular weight is 408 g/mol. The number of rotatable bonds is 14. The molecule has 0 saturated heterocycles. The summed E-state index contributed by atoms with van der Waals surface area (Å²) in [6.07, 6.45) is 13.0. The van der Waals surface area contributed by atoms with Gasteiger partial charge in [0.2, 0.25) is 0 Å². The highest BCUT2D eigenvalue weighted by molar-refractivity contribution is 5.84. The van der Waals surface area contributed by atoms with Crippen LogP contribution in [0.15, 0.2) is 12.1 Å². The topological polar surface area (TPSA) is 46.2 Å². The average Bonchev–Trinajstić information content (AvgIpc) is 3.16. The Hall–Kier alpha value is -1.62. The maximum atomic E-state index is 14.4. The Labute approximate surface area is 173 Å². The molecule has 29 heavy (non-hydrogen) atoms. The molecule has 162 valence electrons. The van der Waals surface area contributed by atoms with E-state index in [1.807, 2.05) is 0 Å². The van der Waals surface area contributed by atoms with Crippen molar-refractivity contribution in [3.05, 3.63) is 34.9 Å². The van der Waals surface area contributed by atoms with E-state index in [9.17, 15) is 18.4 Å². The van der Waals surface area contributed by atoms with Crippen LogP contribution in [-0.4, -0.2) is 18.6 Å². The first-order chi connectivity index (χ1) is 14.0. The number of carbonyl (C=O) groups is 2. The predicted molar refractivity (Wildman–Crippen MR) is 112 cm³/mol. The molecule has 0 spiro atoms. The van der Waals surface area contributed by atoms with E-state index >= 15 is 0 Å². The third-order valence-electron chi connectivity index (χ3n) is 6.18. The van der Waals surface area contributed by atoms with E-state index in [1.54, 1.807) is 12.1 Å². The van der Waals surface area contributed by atoms with Gasteiger partial charge in [0.1, 0.15) is 12.6 Å². The van der Waals surface area contributed by atoms with Crippen LogP contribution in [0.3, 0.4) is 0 Å². The van der Waals surface area contributed by atoms with Crippen LogP contribution in [0.4, 0.5) is 8.78 Å². The molecule has 1 aromatic carbocycles. The predicted octanol–water partition coefficient (Wildman–Crippen LogP) is 5.67. The first-order valence-corrected chi connectivity index (χ1v) is 11.2. The maximum Gasteiger partial charge on any atom is 0.163 e. The van der Waals surface area contributed by atoms with Crippen LogP contribution in [0, 0.1) is 17.0 Å². The molecule has 1 fully saturated rings. The summed E-state index contributed by atoms with van der Waals surface area (Å²) in [7, 11) is 0. The van der Waals surface area contributed by atoms with Crippen LogP contribution < -0.4 is 5.32 Å². The molecule has 1 aromatic rings. The van der Waals surface area contributed by atoms with Crippen LogP contribution in [0.2, 0.25) is 0 Å². The van der Waals surface area contributed by atoms with Crippen LogP contribution in [0.25, 0.3) is 0 Å². The molecule has 2 rings (SSSR count). The fraction of sp³-hybridized carbons (Fsp3) is 0.667. The van der Waals surface area contributed by atoms with E-state index < -0.39 is 17.0 Å². The fourth-order valence-electron chi connectivity index (χ4n) is 4.18. The van der Waals surface area contributed by atoms with E-state index in [0.29, 0.717) is 43.8 Å². The number of benzene rings is 1. The third kappa shape index (κ3) is 6.98. The summed E-state index contributed by atoms with van der Waals surface area (Å²) in [6.45, 7) is 2.40. The zero-order valence-corrected chi connectivity index (χ0v) is 17.7. The van der Waals surface area contributed by atoms with Gasteiger partial charge in [-0.1, -0.05) is 64.0 Å². The third-order valence-corrected chi connectivity index (χ3v) is 6.18. The van der Waals surface area contributed by atoms with E-state index in [-0.39, 0.29) is 18.2 Å². The minimum Gasteiger partial charge on any atom is -0.310 e. The Morgan fingerprint density at radius 3 is 2.17 bits per heavy atom. The summed E-state index contributed by atoms with van der Waals surface area (Å²) in [5.41, 5.74) is -0.183. The molecule has 0 aliphatic heterocycles. The number of halogens is 2. The summed E-state index contributed by atoms with van der Waals surface area (Å²) >= 11 is 0. The second-order valence-electron chi connectivity index (χ2n) is 8.53. The van der Waals surface area contributed by atoms with Crippen molar-refractivity contribution < 1.29 is 18.4 Å². The monoisotopic (exact) mass is 407 g/mol. The van der Waals surface area contributed by atoms with Crippen molar-refractivity contribution >= 4 is 12.6 Å². The van der Waals surface area contributed by atoms with Crippen molar-refractivity contribution in [3.8, 4) is 0 Å². The van der Waals surface area contributed by atoms with Gasteiger partial charge in [0.05, 0.1) is 5.41 Å². The first-order valence-electron chi connectivity index (χ1n) is 11.2.